The molecule has 0 saturated carbocycles. The predicted octanol–water partition coefficient (Wildman–Crippen LogP) is 3.96. The minimum atomic E-state index is 0.260. The molecule has 0 aliphatic carbocycles. The van der Waals surface area contributed by atoms with Gasteiger partial charge in [-0.25, -0.2) is 4.98 Å². The van der Waals surface area contributed by atoms with Crippen LogP contribution in [0.2, 0.25) is 5.15 Å². The number of nitrogens with zero attached hydrogens (tertiary/aromatic N) is 3. The number of hydrogen-bond acceptors (Lipinski definition) is 4. The molecule has 1 saturated heterocycles. The minimum Gasteiger partial charge on any atom is -0.453 e. The molecule has 23 heavy (non-hydrogen) atoms. The summed E-state index contributed by atoms with van der Waals surface area (Å²) < 4.78 is 13.2. The quantitative estimate of drug-likeness (QED) is 0.680. The SMILES string of the molecule is Clc1cc(Oc2cn(C3COC3)nc2-c2ccccc2)ccn1. The Hall–Kier alpha value is -2.37. The molecule has 6 heteroatoms. The van der Waals surface area contributed by atoms with Crippen molar-refractivity contribution < 1.29 is 9.47 Å². The largest absolute Gasteiger partial charge is 0.453 e. The van der Waals surface area contributed by atoms with Gasteiger partial charge < -0.3 is 9.47 Å². The van der Waals surface area contributed by atoms with Crippen molar-refractivity contribution in [2.24, 2.45) is 0 Å². The van der Waals surface area contributed by atoms with Gasteiger partial charge in [-0.2, -0.15) is 5.10 Å². The average molecular weight is 328 g/mol. The second-order valence-electron chi connectivity index (χ2n) is 5.30. The Kier molecular flexibility index (Phi) is 3.73. The van der Waals surface area contributed by atoms with Gasteiger partial charge in [-0.1, -0.05) is 41.9 Å². The van der Waals surface area contributed by atoms with Crippen LogP contribution in [-0.2, 0) is 4.74 Å². The third-order valence-corrected chi connectivity index (χ3v) is 3.87. The normalized spacial score (nSPS) is 14.5. The zero-order valence-corrected chi connectivity index (χ0v) is 13.0. The van der Waals surface area contributed by atoms with Crippen LogP contribution in [0.4, 0.5) is 0 Å². The summed E-state index contributed by atoms with van der Waals surface area (Å²) in [6.07, 6.45) is 3.52. The number of aromatic nitrogens is 3. The predicted molar refractivity (Wildman–Crippen MR) is 86.8 cm³/mol. The highest BCUT2D eigenvalue weighted by Crippen LogP contribution is 2.34. The second-order valence-corrected chi connectivity index (χ2v) is 5.68. The van der Waals surface area contributed by atoms with E-state index in [9.17, 15) is 0 Å². The first-order valence-electron chi connectivity index (χ1n) is 7.31. The maximum absolute atomic E-state index is 6.00. The molecule has 1 fully saturated rings. The molecule has 2 aromatic heterocycles. The summed E-state index contributed by atoms with van der Waals surface area (Å²) in [7, 11) is 0. The molecule has 0 radical (unpaired) electrons. The fourth-order valence-electron chi connectivity index (χ4n) is 2.38. The Morgan fingerprint density at radius 1 is 1.17 bits per heavy atom. The molecule has 4 rings (SSSR count). The highest BCUT2D eigenvalue weighted by atomic mass is 35.5. The highest BCUT2D eigenvalue weighted by molar-refractivity contribution is 6.29. The van der Waals surface area contributed by atoms with Crippen molar-refractivity contribution in [1.82, 2.24) is 14.8 Å². The van der Waals surface area contributed by atoms with Gasteiger partial charge in [0.2, 0.25) is 0 Å². The van der Waals surface area contributed by atoms with E-state index in [4.69, 9.17) is 21.1 Å². The van der Waals surface area contributed by atoms with E-state index >= 15 is 0 Å². The van der Waals surface area contributed by atoms with Crippen molar-refractivity contribution in [2.75, 3.05) is 13.2 Å². The molecule has 1 aliphatic rings. The standard InChI is InChI=1S/C17H14ClN3O2/c18-16-8-14(6-7-19-16)23-15-9-21(13-10-22-11-13)20-17(15)12-4-2-1-3-5-12/h1-9,13H,10-11H2. The van der Waals surface area contributed by atoms with Crippen molar-refractivity contribution in [2.45, 2.75) is 6.04 Å². The lowest BCUT2D eigenvalue weighted by molar-refractivity contribution is -0.0286. The monoisotopic (exact) mass is 327 g/mol. The zero-order valence-electron chi connectivity index (χ0n) is 12.2. The molecule has 1 aliphatic heterocycles. The summed E-state index contributed by atoms with van der Waals surface area (Å²) in [6.45, 7) is 1.35. The van der Waals surface area contributed by atoms with Crippen LogP contribution in [-0.4, -0.2) is 28.0 Å². The summed E-state index contributed by atoms with van der Waals surface area (Å²) in [6, 6.07) is 13.7. The van der Waals surface area contributed by atoms with Crippen molar-refractivity contribution in [3.63, 3.8) is 0 Å². The Morgan fingerprint density at radius 2 is 2.00 bits per heavy atom. The molecular weight excluding hydrogens is 314 g/mol. The van der Waals surface area contributed by atoms with Crippen LogP contribution in [0.5, 0.6) is 11.5 Å². The summed E-state index contributed by atoms with van der Waals surface area (Å²) >= 11 is 5.93. The average Bonchev–Trinajstić information content (AvgIpc) is 2.90. The topological polar surface area (TPSA) is 49.2 Å². The first-order chi connectivity index (χ1) is 11.3. The van der Waals surface area contributed by atoms with Crippen LogP contribution in [0.15, 0.2) is 54.9 Å². The number of benzene rings is 1. The maximum atomic E-state index is 6.00. The zero-order chi connectivity index (χ0) is 15.6. The van der Waals surface area contributed by atoms with Gasteiger partial charge in [-0.3, -0.25) is 4.68 Å². The molecular formula is C17H14ClN3O2. The van der Waals surface area contributed by atoms with Gasteiger partial charge in [0.25, 0.3) is 0 Å². The first kappa shape index (κ1) is 14.2. The lowest BCUT2D eigenvalue weighted by Gasteiger charge is -2.25. The van der Waals surface area contributed by atoms with Crippen LogP contribution in [0.3, 0.4) is 0 Å². The second kappa shape index (κ2) is 6.02. The van der Waals surface area contributed by atoms with Crippen molar-refractivity contribution in [3.05, 3.63) is 60.0 Å². The molecule has 0 atom stereocenters. The van der Waals surface area contributed by atoms with Crippen LogP contribution in [0.25, 0.3) is 11.3 Å². The van der Waals surface area contributed by atoms with E-state index in [0.29, 0.717) is 29.9 Å². The molecule has 0 unspecified atom stereocenters. The third kappa shape index (κ3) is 2.93. The first-order valence-corrected chi connectivity index (χ1v) is 7.69. The van der Waals surface area contributed by atoms with Crippen molar-refractivity contribution in [1.29, 1.82) is 0 Å². The maximum Gasteiger partial charge on any atom is 0.173 e. The third-order valence-electron chi connectivity index (χ3n) is 3.67. The lowest BCUT2D eigenvalue weighted by Crippen LogP contribution is -2.30. The van der Waals surface area contributed by atoms with Crippen LogP contribution < -0.4 is 4.74 Å². The Balaban J connectivity index is 1.73. The molecule has 0 bridgehead atoms. The van der Waals surface area contributed by atoms with Crippen LogP contribution >= 0.6 is 11.6 Å². The minimum absolute atomic E-state index is 0.260. The summed E-state index contributed by atoms with van der Waals surface area (Å²) in [5.74, 6) is 1.32. The molecule has 0 N–H and O–H groups in total. The Morgan fingerprint density at radius 3 is 2.70 bits per heavy atom. The van der Waals surface area contributed by atoms with E-state index in [1.54, 1.807) is 18.3 Å². The van der Waals surface area contributed by atoms with E-state index in [1.807, 2.05) is 41.2 Å². The van der Waals surface area contributed by atoms with Gasteiger partial charge in [0.15, 0.2) is 5.75 Å². The number of halogens is 1. The molecule has 0 amide bonds. The fourth-order valence-corrected chi connectivity index (χ4v) is 2.55. The molecule has 3 aromatic rings. The van der Waals surface area contributed by atoms with E-state index in [2.05, 4.69) is 10.1 Å². The lowest BCUT2D eigenvalue weighted by atomic mass is 10.1. The van der Waals surface area contributed by atoms with Crippen molar-refractivity contribution in [3.8, 4) is 22.8 Å². The van der Waals surface area contributed by atoms with E-state index in [-0.39, 0.29) is 6.04 Å². The summed E-state index contributed by atoms with van der Waals surface area (Å²) in [5.41, 5.74) is 1.80. The summed E-state index contributed by atoms with van der Waals surface area (Å²) in [4.78, 5) is 3.97. The van der Waals surface area contributed by atoms with Gasteiger partial charge in [-0.05, 0) is 6.07 Å². The highest BCUT2D eigenvalue weighted by Gasteiger charge is 2.24. The molecule has 3 heterocycles. The van der Waals surface area contributed by atoms with E-state index < -0.39 is 0 Å². The van der Waals surface area contributed by atoms with Crippen molar-refractivity contribution >= 4 is 11.6 Å². The van der Waals surface area contributed by atoms with Crippen LogP contribution in [0.1, 0.15) is 6.04 Å². The van der Waals surface area contributed by atoms with Gasteiger partial charge in [0.1, 0.15) is 16.6 Å². The molecule has 1 aromatic carbocycles. The number of hydrogen-bond donors (Lipinski definition) is 0. The molecule has 5 nitrogen and oxygen atoms in total. The number of pyridine rings is 1. The van der Waals surface area contributed by atoms with Gasteiger partial charge in [0.05, 0.1) is 25.5 Å². The molecule has 116 valence electrons. The van der Waals surface area contributed by atoms with E-state index in [1.165, 1.54) is 0 Å². The smallest absolute Gasteiger partial charge is 0.173 e. The fraction of sp³-hybridized carbons (Fsp3) is 0.176. The Bertz CT molecular complexity index is 816. The van der Waals surface area contributed by atoms with Gasteiger partial charge >= 0.3 is 0 Å². The summed E-state index contributed by atoms with van der Waals surface area (Å²) in [5, 5.41) is 5.08. The number of rotatable bonds is 4. The van der Waals surface area contributed by atoms with Gasteiger partial charge in [0, 0.05) is 17.8 Å². The Labute approximate surface area is 138 Å². The molecule has 0 spiro atoms. The van der Waals surface area contributed by atoms with E-state index in [0.717, 1.165) is 11.3 Å². The van der Waals surface area contributed by atoms with Gasteiger partial charge in [-0.15, -0.1) is 0 Å². The van der Waals surface area contributed by atoms with Crippen LogP contribution in [0, 0.1) is 0 Å². The number of ether oxygens (including phenoxy) is 2.